The van der Waals surface area contributed by atoms with Gasteiger partial charge in [0, 0.05) is 30.6 Å². The van der Waals surface area contributed by atoms with Crippen molar-refractivity contribution in [3.63, 3.8) is 0 Å². The summed E-state index contributed by atoms with van der Waals surface area (Å²) in [5.74, 6) is -0.368. The first-order valence-electron chi connectivity index (χ1n) is 8.51. The molecule has 128 valence electrons. The number of carbonyl (C=O) groups is 2. The zero-order valence-corrected chi connectivity index (χ0v) is 13.8. The summed E-state index contributed by atoms with van der Waals surface area (Å²) in [7, 11) is 0. The molecular formula is C17H24O6. The predicted octanol–water partition coefficient (Wildman–Crippen LogP) is 1.05. The molecule has 6 nitrogen and oxygen atoms in total. The second kappa shape index (κ2) is 4.70. The third-order valence-electron chi connectivity index (χ3n) is 6.77. The summed E-state index contributed by atoms with van der Waals surface area (Å²) < 4.78 is 16.8. The molecule has 0 amide bonds. The Hall–Kier alpha value is -1.14. The van der Waals surface area contributed by atoms with Crippen LogP contribution in [-0.2, 0) is 23.8 Å². The first-order chi connectivity index (χ1) is 10.8. The van der Waals surface area contributed by atoms with Crippen molar-refractivity contribution < 1.29 is 28.9 Å². The Labute approximate surface area is 135 Å². The molecule has 6 heteroatoms. The summed E-state index contributed by atoms with van der Waals surface area (Å²) in [5, 5.41) is 10.8. The zero-order chi connectivity index (χ0) is 16.6. The maximum Gasteiger partial charge on any atom is 0.341 e. The Morgan fingerprint density at radius 3 is 2.70 bits per heavy atom. The Morgan fingerprint density at radius 1 is 1.39 bits per heavy atom. The highest BCUT2D eigenvalue weighted by Crippen LogP contribution is 2.62. The summed E-state index contributed by atoms with van der Waals surface area (Å²) in [6, 6.07) is 0. The first-order valence-corrected chi connectivity index (χ1v) is 8.51. The monoisotopic (exact) mass is 324 g/mol. The highest BCUT2D eigenvalue weighted by molar-refractivity contribution is 5.85. The highest BCUT2D eigenvalue weighted by Gasteiger charge is 2.74. The van der Waals surface area contributed by atoms with E-state index in [-0.39, 0.29) is 41.9 Å². The lowest BCUT2D eigenvalue weighted by Crippen LogP contribution is -2.48. The van der Waals surface area contributed by atoms with E-state index in [0.717, 1.165) is 12.8 Å². The van der Waals surface area contributed by atoms with E-state index in [9.17, 15) is 14.7 Å². The summed E-state index contributed by atoms with van der Waals surface area (Å²) in [5.41, 5.74) is -1.38. The number of hydrogen-bond donors (Lipinski definition) is 1. The fraction of sp³-hybridized carbons (Fsp3) is 0.882. The van der Waals surface area contributed by atoms with Crippen molar-refractivity contribution in [1.82, 2.24) is 0 Å². The van der Waals surface area contributed by atoms with Crippen LogP contribution in [-0.4, -0.2) is 47.6 Å². The quantitative estimate of drug-likeness (QED) is 0.573. The van der Waals surface area contributed by atoms with E-state index in [1.165, 1.54) is 6.92 Å². The number of esters is 2. The lowest BCUT2D eigenvalue weighted by molar-refractivity contribution is -0.160. The van der Waals surface area contributed by atoms with Gasteiger partial charge in [-0.2, -0.15) is 0 Å². The number of rotatable bonds is 1. The molecule has 0 radical (unpaired) electrons. The molecule has 0 aromatic carbocycles. The number of carbonyl (C=O) groups excluding carboxylic acids is 2. The van der Waals surface area contributed by atoms with Crippen molar-refractivity contribution in [2.75, 3.05) is 6.61 Å². The van der Waals surface area contributed by atoms with Gasteiger partial charge in [0.2, 0.25) is 0 Å². The molecule has 2 heterocycles. The SMILES string of the molecule is CC(=O)OC1CC(O)C2(C)C3OC(=O)C4(CO4)C3CCC(C)C12. The smallest absolute Gasteiger partial charge is 0.341 e. The molecule has 0 bridgehead atoms. The molecule has 1 N–H and O–H groups in total. The average molecular weight is 324 g/mol. The molecule has 4 rings (SSSR count). The highest BCUT2D eigenvalue weighted by atomic mass is 16.7. The standard InChI is InChI=1S/C17H24O6/c1-8-4-5-10-14(23-15(20)17(10)7-21-17)16(3)12(19)6-11(13(8)16)22-9(2)18/h8,10-14,19H,4-7H2,1-3H3. The van der Waals surface area contributed by atoms with Gasteiger partial charge < -0.3 is 19.3 Å². The van der Waals surface area contributed by atoms with E-state index in [1.807, 2.05) is 6.92 Å². The number of ether oxygens (including phenoxy) is 3. The van der Waals surface area contributed by atoms with Crippen LogP contribution in [0.2, 0.25) is 0 Å². The maximum atomic E-state index is 12.3. The summed E-state index contributed by atoms with van der Waals surface area (Å²) in [4.78, 5) is 23.8. The summed E-state index contributed by atoms with van der Waals surface area (Å²) in [6.07, 6.45) is 0.794. The van der Waals surface area contributed by atoms with Crippen molar-refractivity contribution in [2.45, 2.75) is 63.9 Å². The van der Waals surface area contributed by atoms with Crippen LogP contribution >= 0.6 is 0 Å². The van der Waals surface area contributed by atoms with E-state index in [0.29, 0.717) is 13.0 Å². The van der Waals surface area contributed by atoms with Crippen LogP contribution in [0.25, 0.3) is 0 Å². The van der Waals surface area contributed by atoms with Gasteiger partial charge in [-0.05, 0) is 18.8 Å². The molecule has 2 saturated carbocycles. The van der Waals surface area contributed by atoms with Crippen LogP contribution in [0.3, 0.4) is 0 Å². The minimum Gasteiger partial charge on any atom is -0.462 e. The third-order valence-corrected chi connectivity index (χ3v) is 6.77. The molecule has 8 unspecified atom stereocenters. The van der Waals surface area contributed by atoms with Gasteiger partial charge in [-0.1, -0.05) is 13.8 Å². The van der Waals surface area contributed by atoms with Crippen molar-refractivity contribution in [3.05, 3.63) is 0 Å². The van der Waals surface area contributed by atoms with E-state index in [4.69, 9.17) is 14.2 Å². The van der Waals surface area contributed by atoms with Gasteiger partial charge in [0.15, 0.2) is 5.60 Å². The van der Waals surface area contributed by atoms with Crippen LogP contribution in [0.4, 0.5) is 0 Å². The molecule has 0 aromatic heterocycles. The number of aliphatic hydroxyl groups excluding tert-OH is 1. The molecule has 2 saturated heterocycles. The number of fused-ring (bicyclic) bond motifs is 4. The van der Waals surface area contributed by atoms with Crippen LogP contribution in [0.5, 0.6) is 0 Å². The van der Waals surface area contributed by atoms with Crippen LogP contribution in [0.1, 0.15) is 40.0 Å². The van der Waals surface area contributed by atoms with Crippen molar-refractivity contribution in [1.29, 1.82) is 0 Å². The van der Waals surface area contributed by atoms with E-state index in [1.54, 1.807) is 0 Å². The number of hydrogen-bond acceptors (Lipinski definition) is 6. The Morgan fingerprint density at radius 2 is 2.09 bits per heavy atom. The molecule has 1 spiro atoms. The molecule has 0 aromatic rings. The Balaban J connectivity index is 1.74. The summed E-state index contributed by atoms with van der Waals surface area (Å²) in [6.45, 7) is 5.95. The minimum atomic E-state index is -0.776. The van der Waals surface area contributed by atoms with Crippen LogP contribution < -0.4 is 0 Å². The zero-order valence-electron chi connectivity index (χ0n) is 13.8. The Kier molecular flexibility index (Phi) is 3.14. The van der Waals surface area contributed by atoms with E-state index in [2.05, 4.69) is 6.92 Å². The fourth-order valence-corrected chi connectivity index (χ4v) is 5.61. The molecule has 4 fully saturated rings. The van der Waals surface area contributed by atoms with E-state index >= 15 is 0 Å². The summed E-state index contributed by atoms with van der Waals surface area (Å²) >= 11 is 0. The molecule has 2 aliphatic heterocycles. The Bertz CT molecular complexity index is 555. The topological polar surface area (TPSA) is 85.4 Å². The first kappa shape index (κ1) is 15.4. The molecule has 4 aliphatic rings. The van der Waals surface area contributed by atoms with Crippen molar-refractivity contribution in [3.8, 4) is 0 Å². The normalized spacial score (nSPS) is 54.2. The van der Waals surface area contributed by atoms with E-state index < -0.39 is 17.1 Å². The van der Waals surface area contributed by atoms with Crippen LogP contribution in [0, 0.1) is 23.2 Å². The lowest BCUT2D eigenvalue weighted by atomic mass is 9.67. The van der Waals surface area contributed by atoms with Gasteiger partial charge in [0.25, 0.3) is 0 Å². The fourth-order valence-electron chi connectivity index (χ4n) is 5.61. The van der Waals surface area contributed by atoms with Crippen LogP contribution in [0.15, 0.2) is 0 Å². The largest absolute Gasteiger partial charge is 0.462 e. The molecule has 23 heavy (non-hydrogen) atoms. The van der Waals surface area contributed by atoms with Crippen molar-refractivity contribution >= 4 is 11.9 Å². The van der Waals surface area contributed by atoms with Crippen molar-refractivity contribution in [2.24, 2.45) is 23.2 Å². The second-order valence-corrected chi connectivity index (χ2v) is 7.96. The number of aliphatic hydroxyl groups is 1. The van der Waals surface area contributed by atoms with Gasteiger partial charge in [0.05, 0.1) is 12.7 Å². The molecular weight excluding hydrogens is 300 g/mol. The van der Waals surface area contributed by atoms with Gasteiger partial charge in [-0.3, -0.25) is 4.79 Å². The van der Waals surface area contributed by atoms with Gasteiger partial charge in [0.1, 0.15) is 12.2 Å². The molecule has 8 atom stereocenters. The van der Waals surface area contributed by atoms with Gasteiger partial charge in [-0.15, -0.1) is 0 Å². The lowest BCUT2D eigenvalue weighted by Gasteiger charge is -2.41. The van der Waals surface area contributed by atoms with Gasteiger partial charge in [-0.25, -0.2) is 4.79 Å². The second-order valence-electron chi connectivity index (χ2n) is 7.96. The maximum absolute atomic E-state index is 12.3. The predicted molar refractivity (Wildman–Crippen MR) is 78.2 cm³/mol. The third kappa shape index (κ3) is 1.88. The average Bonchev–Trinajstić information content (AvgIpc) is 3.16. The minimum absolute atomic E-state index is 0.0156. The molecule has 2 aliphatic carbocycles. The van der Waals surface area contributed by atoms with Gasteiger partial charge >= 0.3 is 11.9 Å². The number of epoxide rings is 1.